The zero-order chi connectivity index (χ0) is 14.1. The summed E-state index contributed by atoms with van der Waals surface area (Å²) in [5.74, 6) is 0.169. The standard InChI is InChI=1S/C14H17BrN4O/c1-11(20)18-6-4-17(5-7-18)9-13-10-19-8-12(15)2-3-14(19)16-13/h2-3,8,10H,4-7,9H2,1H3. The van der Waals surface area contributed by atoms with Crippen LogP contribution in [-0.2, 0) is 11.3 Å². The van der Waals surface area contributed by atoms with Gasteiger partial charge >= 0.3 is 0 Å². The van der Waals surface area contributed by atoms with Gasteiger partial charge in [-0.1, -0.05) is 0 Å². The second-order valence-electron chi connectivity index (χ2n) is 5.13. The molecule has 6 heteroatoms. The van der Waals surface area contributed by atoms with Gasteiger partial charge in [-0.3, -0.25) is 9.69 Å². The fourth-order valence-corrected chi connectivity index (χ4v) is 2.90. The van der Waals surface area contributed by atoms with Crippen LogP contribution in [0.5, 0.6) is 0 Å². The van der Waals surface area contributed by atoms with E-state index in [1.165, 1.54) is 0 Å². The largest absolute Gasteiger partial charge is 0.340 e. The number of aromatic nitrogens is 2. The molecule has 106 valence electrons. The minimum Gasteiger partial charge on any atom is -0.340 e. The van der Waals surface area contributed by atoms with Crippen molar-refractivity contribution >= 4 is 27.5 Å². The van der Waals surface area contributed by atoms with E-state index in [2.05, 4.69) is 32.0 Å². The summed E-state index contributed by atoms with van der Waals surface area (Å²) in [6, 6.07) is 4.00. The first kappa shape index (κ1) is 13.6. The SMILES string of the molecule is CC(=O)N1CCN(Cc2cn3cc(Br)ccc3n2)CC1. The van der Waals surface area contributed by atoms with Gasteiger partial charge in [-0.2, -0.15) is 0 Å². The van der Waals surface area contributed by atoms with E-state index in [4.69, 9.17) is 0 Å². The number of rotatable bonds is 2. The molecule has 0 saturated carbocycles. The molecule has 0 aromatic carbocycles. The Hall–Kier alpha value is -1.40. The highest BCUT2D eigenvalue weighted by Gasteiger charge is 2.19. The topological polar surface area (TPSA) is 40.9 Å². The molecule has 0 spiro atoms. The third-order valence-electron chi connectivity index (χ3n) is 3.67. The summed E-state index contributed by atoms with van der Waals surface area (Å²) < 4.78 is 3.08. The minimum absolute atomic E-state index is 0.169. The van der Waals surface area contributed by atoms with Crippen LogP contribution in [0.25, 0.3) is 5.65 Å². The molecule has 0 bridgehead atoms. The number of carbonyl (C=O) groups is 1. The van der Waals surface area contributed by atoms with E-state index in [1.807, 2.05) is 27.6 Å². The molecular weight excluding hydrogens is 320 g/mol. The van der Waals surface area contributed by atoms with E-state index >= 15 is 0 Å². The number of amides is 1. The van der Waals surface area contributed by atoms with Gasteiger partial charge in [-0.25, -0.2) is 4.98 Å². The number of pyridine rings is 1. The van der Waals surface area contributed by atoms with E-state index < -0.39 is 0 Å². The van der Waals surface area contributed by atoms with Crippen LogP contribution < -0.4 is 0 Å². The van der Waals surface area contributed by atoms with Crippen LogP contribution in [0.4, 0.5) is 0 Å². The number of nitrogens with zero attached hydrogens (tertiary/aromatic N) is 4. The van der Waals surface area contributed by atoms with Crippen molar-refractivity contribution in [1.29, 1.82) is 0 Å². The van der Waals surface area contributed by atoms with Crippen LogP contribution in [0, 0.1) is 0 Å². The molecule has 0 N–H and O–H groups in total. The second-order valence-corrected chi connectivity index (χ2v) is 6.04. The van der Waals surface area contributed by atoms with Crippen LogP contribution in [0.1, 0.15) is 12.6 Å². The van der Waals surface area contributed by atoms with Gasteiger partial charge in [-0.15, -0.1) is 0 Å². The first-order valence-electron chi connectivity index (χ1n) is 6.73. The fraction of sp³-hybridized carbons (Fsp3) is 0.429. The lowest BCUT2D eigenvalue weighted by molar-refractivity contribution is -0.130. The Morgan fingerprint density at radius 2 is 2.00 bits per heavy atom. The Bertz CT molecular complexity index is 631. The van der Waals surface area contributed by atoms with Gasteiger partial charge in [0.15, 0.2) is 0 Å². The summed E-state index contributed by atoms with van der Waals surface area (Å²) in [5, 5.41) is 0. The second kappa shape index (κ2) is 5.54. The first-order chi connectivity index (χ1) is 9.61. The zero-order valence-electron chi connectivity index (χ0n) is 11.4. The Morgan fingerprint density at radius 1 is 1.25 bits per heavy atom. The van der Waals surface area contributed by atoms with E-state index in [-0.39, 0.29) is 5.91 Å². The lowest BCUT2D eigenvalue weighted by Crippen LogP contribution is -2.47. The Labute approximate surface area is 126 Å². The Balaban J connectivity index is 1.66. The number of piperazine rings is 1. The van der Waals surface area contributed by atoms with Gasteiger partial charge in [0.05, 0.1) is 5.69 Å². The summed E-state index contributed by atoms with van der Waals surface area (Å²) in [6.45, 7) is 5.93. The van der Waals surface area contributed by atoms with Crippen LogP contribution in [0.3, 0.4) is 0 Å². The highest BCUT2D eigenvalue weighted by Crippen LogP contribution is 2.14. The third kappa shape index (κ3) is 2.86. The Kier molecular flexibility index (Phi) is 3.76. The highest BCUT2D eigenvalue weighted by molar-refractivity contribution is 9.10. The van der Waals surface area contributed by atoms with Crippen LogP contribution in [0.2, 0.25) is 0 Å². The normalized spacial score (nSPS) is 16.8. The molecule has 5 nitrogen and oxygen atoms in total. The van der Waals surface area contributed by atoms with Gasteiger partial charge in [0.2, 0.25) is 5.91 Å². The predicted octanol–water partition coefficient (Wildman–Crippen LogP) is 1.76. The summed E-state index contributed by atoms with van der Waals surface area (Å²) >= 11 is 3.46. The smallest absolute Gasteiger partial charge is 0.219 e. The Morgan fingerprint density at radius 3 is 2.70 bits per heavy atom. The van der Waals surface area contributed by atoms with E-state index in [9.17, 15) is 4.79 Å². The molecule has 20 heavy (non-hydrogen) atoms. The molecule has 1 fully saturated rings. The van der Waals surface area contributed by atoms with Crippen LogP contribution in [-0.4, -0.2) is 51.3 Å². The maximum atomic E-state index is 11.3. The molecule has 2 aromatic heterocycles. The molecular formula is C14H17BrN4O. The quantitative estimate of drug-likeness (QED) is 0.839. The number of halogens is 1. The summed E-state index contributed by atoms with van der Waals surface area (Å²) in [7, 11) is 0. The fourth-order valence-electron chi connectivity index (χ4n) is 2.54. The van der Waals surface area contributed by atoms with Crippen LogP contribution in [0.15, 0.2) is 29.0 Å². The molecule has 3 heterocycles. The minimum atomic E-state index is 0.169. The number of fused-ring (bicyclic) bond motifs is 1. The molecule has 1 aliphatic rings. The number of imidazole rings is 1. The van der Waals surface area contributed by atoms with Crippen molar-refractivity contribution < 1.29 is 4.79 Å². The zero-order valence-corrected chi connectivity index (χ0v) is 13.0. The first-order valence-corrected chi connectivity index (χ1v) is 7.52. The van der Waals surface area contributed by atoms with Crippen molar-refractivity contribution in [2.75, 3.05) is 26.2 Å². The summed E-state index contributed by atoms with van der Waals surface area (Å²) in [4.78, 5) is 20.2. The van der Waals surface area contributed by atoms with E-state index in [0.717, 1.165) is 48.5 Å². The molecule has 0 unspecified atom stereocenters. The summed E-state index contributed by atoms with van der Waals surface area (Å²) in [5.41, 5.74) is 2.03. The van der Waals surface area contributed by atoms with E-state index in [1.54, 1.807) is 6.92 Å². The maximum Gasteiger partial charge on any atom is 0.219 e. The van der Waals surface area contributed by atoms with Gasteiger partial charge in [0, 0.05) is 56.5 Å². The lowest BCUT2D eigenvalue weighted by atomic mass is 10.3. The van der Waals surface area contributed by atoms with Crippen molar-refractivity contribution in [1.82, 2.24) is 19.2 Å². The molecule has 0 radical (unpaired) electrons. The molecule has 1 amide bonds. The van der Waals surface area contributed by atoms with Crippen LogP contribution >= 0.6 is 15.9 Å². The lowest BCUT2D eigenvalue weighted by Gasteiger charge is -2.33. The van der Waals surface area contributed by atoms with Gasteiger partial charge in [0.1, 0.15) is 5.65 Å². The van der Waals surface area contributed by atoms with Gasteiger partial charge in [0.25, 0.3) is 0 Å². The molecule has 3 rings (SSSR count). The molecule has 1 saturated heterocycles. The van der Waals surface area contributed by atoms with Crippen molar-refractivity contribution in [2.45, 2.75) is 13.5 Å². The molecule has 2 aromatic rings. The highest BCUT2D eigenvalue weighted by atomic mass is 79.9. The average Bonchev–Trinajstić information content (AvgIpc) is 2.80. The number of hydrogen-bond acceptors (Lipinski definition) is 3. The third-order valence-corrected chi connectivity index (χ3v) is 4.14. The molecule has 0 atom stereocenters. The monoisotopic (exact) mass is 336 g/mol. The van der Waals surface area contributed by atoms with Crippen molar-refractivity contribution in [3.63, 3.8) is 0 Å². The van der Waals surface area contributed by atoms with E-state index in [0.29, 0.717) is 0 Å². The summed E-state index contributed by atoms with van der Waals surface area (Å²) in [6.07, 6.45) is 4.08. The van der Waals surface area contributed by atoms with Gasteiger partial charge in [-0.05, 0) is 28.1 Å². The van der Waals surface area contributed by atoms with Crippen molar-refractivity contribution in [3.8, 4) is 0 Å². The maximum absolute atomic E-state index is 11.3. The average molecular weight is 337 g/mol. The van der Waals surface area contributed by atoms with Crippen molar-refractivity contribution in [2.24, 2.45) is 0 Å². The predicted molar refractivity (Wildman–Crippen MR) is 80.4 cm³/mol. The molecule has 0 aliphatic carbocycles. The van der Waals surface area contributed by atoms with Crippen molar-refractivity contribution in [3.05, 3.63) is 34.7 Å². The number of hydrogen-bond donors (Lipinski definition) is 0. The molecule has 1 aliphatic heterocycles. The van der Waals surface area contributed by atoms with Gasteiger partial charge < -0.3 is 9.30 Å². The number of carbonyl (C=O) groups excluding carboxylic acids is 1.